The van der Waals surface area contributed by atoms with E-state index >= 15 is 0 Å². The summed E-state index contributed by atoms with van der Waals surface area (Å²) in [5, 5.41) is 3.52. The maximum atomic E-state index is 5.25. The molecule has 1 saturated heterocycles. The highest BCUT2D eigenvalue weighted by Gasteiger charge is 2.18. The van der Waals surface area contributed by atoms with Gasteiger partial charge in [0.1, 0.15) is 11.6 Å². The monoisotopic (exact) mass is 394 g/mol. The number of anilines is 2. The van der Waals surface area contributed by atoms with Gasteiger partial charge in [-0.3, -0.25) is 9.89 Å². The number of aliphatic imine (C=N–C) groups is 1. The lowest BCUT2D eigenvalue weighted by Crippen LogP contribution is -2.47. The van der Waals surface area contributed by atoms with Crippen LogP contribution < -0.4 is 15.0 Å². The summed E-state index contributed by atoms with van der Waals surface area (Å²) in [4.78, 5) is 9.93. The molecule has 1 heterocycles. The number of methoxy groups -OCH3 is 1. The molecule has 0 spiro atoms. The van der Waals surface area contributed by atoms with Crippen molar-refractivity contribution in [1.82, 2.24) is 4.90 Å². The maximum Gasteiger partial charge on any atom is 0.119 e. The van der Waals surface area contributed by atoms with Crippen molar-refractivity contribution >= 4 is 17.2 Å². The van der Waals surface area contributed by atoms with Crippen LogP contribution >= 0.6 is 0 Å². The Morgan fingerprint density at radius 2 is 1.62 bits per heavy atom. The lowest BCUT2D eigenvalue weighted by Gasteiger charge is -2.36. The lowest BCUT2D eigenvalue weighted by molar-refractivity contribution is 0.265. The zero-order chi connectivity index (χ0) is 20.7. The van der Waals surface area contributed by atoms with Crippen molar-refractivity contribution in [3.63, 3.8) is 0 Å². The summed E-state index contributed by atoms with van der Waals surface area (Å²) < 4.78 is 5.25. The summed E-state index contributed by atoms with van der Waals surface area (Å²) >= 11 is 0. The Labute approximate surface area is 175 Å². The molecule has 2 aromatic carbocycles. The SMILES string of the molecule is COc1ccc(NC(CCN2CCN(c3ccccc3)CC2)=NC(C)(C)C)cc1. The third-order valence-corrected chi connectivity index (χ3v) is 5.01. The van der Waals surface area contributed by atoms with Gasteiger partial charge in [-0.25, -0.2) is 0 Å². The fourth-order valence-corrected chi connectivity index (χ4v) is 3.52. The number of benzene rings is 2. The van der Waals surface area contributed by atoms with Crippen molar-refractivity contribution in [2.45, 2.75) is 32.7 Å². The minimum absolute atomic E-state index is 0.110. The number of para-hydroxylation sites is 1. The molecule has 0 aromatic heterocycles. The van der Waals surface area contributed by atoms with Gasteiger partial charge < -0.3 is 15.0 Å². The third-order valence-electron chi connectivity index (χ3n) is 5.01. The predicted octanol–water partition coefficient (Wildman–Crippen LogP) is 4.52. The Morgan fingerprint density at radius 3 is 2.21 bits per heavy atom. The van der Waals surface area contributed by atoms with Crippen molar-refractivity contribution < 1.29 is 4.74 Å². The van der Waals surface area contributed by atoms with Crippen LogP contribution in [0.5, 0.6) is 5.75 Å². The minimum Gasteiger partial charge on any atom is -0.497 e. The largest absolute Gasteiger partial charge is 0.497 e. The van der Waals surface area contributed by atoms with Crippen molar-refractivity contribution in [1.29, 1.82) is 0 Å². The molecule has 0 bridgehead atoms. The first kappa shape index (κ1) is 21.2. The first-order valence-corrected chi connectivity index (χ1v) is 10.4. The van der Waals surface area contributed by atoms with E-state index in [0.29, 0.717) is 0 Å². The molecule has 3 rings (SSSR count). The molecule has 0 unspecified atom stereocenters. The van der Waals surface area contributed by atoms with Gasteiger partial charge >= 0.3 is 0 Å². The Balaban J connectivity index is 1.55. The molecular weight excluding hydrogens is 360 g/mol. The number of amidine groups is 1. The summed E-state index contributed by atoms with van der Waals surface area (Å²) in [7, 11) is 1.69. The molecule has 156 valence electrons. The van der Waals surface area contributed by atoms with E-state index in [0.717, 1.165) is 56.4 Å². The quantitative estimate of drug-likeness (QED) is 0.578. The zero-order valence-electron chi connectivity index (χ0n) is 18.2. The van der Waals surface area contributed by atoms with E-state index in [9.17, 15) is 0 Å². The summed E-state index contributed by atoms with van der Waals surface area (Å²) in [6.07, 6.45) is 0.911. The van der Waals surface area contributed by atoms with E-state index in [-0.39, 0.29) is 5.54 Å². The Bertz CT molecular complexity index is 773. The van der Waals surface area contributed by atoms with Gasteiger partial charge in [0, 0.05) is 50.5 Å². The van der Waals surface area contributed by atoms with E-state index < -0.39 is 0 Å². The summed E-state index contributed by atoms with van der Waals surface area (Å²) in [6, 6.07) is 18.7. The highest BCUT2D eigenvalue weighted by molar-refractivity contribution is 5.95. The van der Waals surface area contributed by atoms with Crippen LogP contribution in [0, 0.1) is 0 Å². The van der Waals surface area contributed by atoms with Crippen molar-refractivity contribution in [2.24, 2.45) is 4.99 Å². The molecule has 1 N–H and O–H groups in total. The van der Waals surface area contributed by atoms with Gasteiger partial charge in [0.05, 0.1) is 12.6 Å². The standard InChI is InChI=1S/C24H34N4O/c1-24(2,3)26-23(25-20-10-12-22(29-4)13-11-20)14-15-27-16-18-28(19-17-27)21-8-6-5-7-9-21/h5-13H,14-19H2,1-4H3,(H,25,26). The van der Waals surface area contributed by atoms with Crippen LogP contribution in [0.15, 0.2) is 59.6 Å². The van der Waals surface area contributed by atoms with Gasteiger partial charge in [-0.2, -0.15) is 0 Å². The maximum absolute atomic E-state index is 5.25. The van der Waals surface area contributed by atoms with Crippen LogP contribution in [0.25, 0.3) is 0 Å². The molecule has 0 radical (unpaired) electrons. The van der Waals surface area contributed by atoms with Gasteiger partial charge in [-0.05, 0) is 57.2 Å². The second-order valence-electron chi connectivity index (χ2n) is 8.50. The highest BCUT2D eigenvalue weighted by Crippen LogP contribution is 2.18. The molecule has 1 fully saturated rings. The Morgan fingerprint density at radius 1 is 0.966 bits per heavy atom. The van der Waals surface area contributed by atoms with Crippen LogP contribution in [0.3, 0.4) is 0 Å². The molecular formula is C24H34N4O. The van der Waals surface area contributed by atoms with Crippen LogP contribution in [0.4, 0.5) is 11.4 Å². The van der Waals surface area contributed by atoms with Gasteiger partial charge in [0.2, 0.25) is 0 Å². The molecule has 0 saturated carbocycles. The van der Waals surface area contributed by atoms with Crippen LogP contribution in [0.1, 0.15) is 27.2 Å². The van der Waals surface area contributed by atoms with Crippen LogP contribution in [0.2, 0.25) is 0 Å². The molecule has 0 amide bonds. The molecule has 0 atom stereocenters. The average Bonchev–Trinajstić information content (AvgIpc) is 2.72. The number of hydrogen-bond donors (Lipinski definition) is 1. The first-order valence-electron chi connectivity index (χ1n) is 10.4. The number of ether oxygens (including phenoxy) is 1. The lowest BCUT2D eigenvalue weighted by atomic mass is 10.1. The molecule has 2 aromatic rings. The van der Waals surface area contributed by atoms with Crippen molar-refractivity contribution in [3.8, 4) is 5.75 Å². The number of hydrogen-bond acceptors (Lipinski definition) is 4. The Hall–Kier alpha value is -2.53. The fourth-order valence-electron chi connectivity index (χ4n) is 3.52. The van der Waals surface area contributed by atoms with E-state index in [2.05, 4.69) is 66.2 Å². The number of rotatable bonds is 6. The minimum atomic E-state index is -0.110. The van der Waals surface area contributed by atoms with Crippen molar-refractivity contribution in [3.05, 3.63) is 54.6 Å². The van der Waals surface area contributed by atoms with Crippen LogP contribution in [-0.2, 0) is 0 Å². The van der Waals surface area contributed by atoms with Gasteiger partial charge in [0.15, 0.2) is 0 Å². The summed E-state index contributed by atoms with van der Waals surface area (Å²) in [6.45, 7) is 11.7. The normalized spacial score (nSPS) is 16.0. The van der Waals surface area contributed by atoms with E-state index in [4.69, 9.17) is 9.73 Å². The van der Waals surface area contributed by atoms with Gasteiger partial charge in [-0.15, -0.1) is 0 Å². The smallest absolute Gasteiger partial charge is 0.119 e. The molecule has 1 aliphatic rings. The third kappa shape index (κ3) is 6.79. The number of piperazine rings is 1. The predicted molar refractivity (Wildman–Crippen MR) is 124 cm³/mol. The molecule has 1 aliphatic heterocycles. The molecule has 0 aliphatic carbocycles. The Kier molecular flexibility index (Phi) is 7.15. The highest BCUT2D eigenvalue weighted by atomic mass is 16.5. The van der Waals surface area contributed by atoms with Crippen LogP contribution in [-0.4, -0.2) is 56.1 Å². The number of nitrogens with one attached hydrogen (secondary N) is 1. The number of nitrogens with zero attached hydrogens (tertiary/aromatic N) is 3. The second-order valence-corrected chi connectivity index (χ2v) is 8.50. The molecule has 5 nitrogen and oxygen atoms in total. The summed E-state index contributed by atoms with van der Waals surface area (Å²) in [5.41, 5.74) is 2.26. The summed E-state index contributed by atoms with van der Waals surface area (Å²) in [5.74, 6) is 1.90. The van der Waals surface area contributed by atoms with Gasteiger partial charge in [-0.1, -0.05) is 18.2 Å². The van der Waals surface area contributed by atoms with E-state index in [1.807, 2.05) is 24.3 Å². The van der Waals surface area contributed by atoms with Gasteiger partial charge in [0.25, 0.3) is 0 Å². The van der Waals surface area contributed by atoms with Crippen molar-refractivity contribution in [2.75, 3.05) is 50.1 Å². The average molecular weight is 395 g/mol. The van der Waals surface area contributed by atoms with E-state index in [1.54, 1.807) is 7.11 Å². The topological polar surface area (TPSA) is 40.1 Å². The van der Waals surface area contributed by atoms with E-state index in [1.165, 1.54) is 5.69 Å². The second kappa shape index (κ2) is 9.79. The molecule has 5 heteroatoms. The zero-order valence-corrected chi connectivity index (χ0v) is 18.2. The first-order chi connectivity index (χ1) is 13.9. The fraction of sp³-hybridized carbons (Fsp3) is 0.458. The molecule has 29 heavy (non-hydrogen) atoms.